The molecule has 0 radical (unpaired) electrons. The monoisotopic (exact) mass is 251 g/mol. The molecule has 1 aromatic carbocycles. The number of rotatable bonds is 6. The maximum atomic E-state index is 11.5. The smallest absolute Gasteiger partial charge is 0.235 e. The van der Waals surface area contributed by atoms with E-state index in [0.717, 1.165) is 17.7 Å². The number of hydrazine groups is 1. The van der Waals surface area contributed by atoms with Crippen LogP contribution in [0.1, 0.15) is 30.5 Å². The van der Waals surface area contributed by atoms with E-state index in [1.165, 1.54) is 5.56 Å². The number of ether oxygens (including phenoxy) is 1. The van der Waals surface area contributed by atoms with Crippen molar-refractivity contribution in [2.75, 3.05) is 14.2 Å². The third kappa shape index (κ3) is 3.72. The van der Waals surface area contributed by atoms with Crippen LogP contribution < -0.4 is 21.3 Å². The maximum Gasteiger partial charge on any atom is 0.235 e. The molecule has 1 rings (SSSR count). The van der Waals surface area contributed by atoms with Crippen LogP contribution in [0.5, 0.6) is 5.75 Å². The molecule has 4 N–H and O–H groups in total. The summed E-state index contributed by atoms with van der Waals surface area (Å²) in [5.74, 6) is 0.575. The van der Waals surface area contributed by atoms with Crippen LogP contribution in [0.3, 0.4) is 0 Å². The summed E-state index contributed by atoms with van der Waals surface area (Å²) in [6.07, 6.45) is 1.14. The molecule has 18 heavy (non-hydrogen) atoms. The minimum atomic E-state index is -0.375. The van der Waals surface area contributed by atoms with Gasteiger partial charge in [-0.25, -0.2) is 5.43 Å². The van der Waals surface area contributed by atoms with Crippen molar-refractivity contribution < 1.29 is 9.53 Å². The average Bonchev–Trinajstić information content (AvgIpc) is 2.38. The van der Waals surface area contributed by atoms with Crippen LogP contribution in [0.25, 0.3) is 0 Å². The van der Waals surface area contributed by atoms with Gasteiger partial charge in [-0.1, -0.05) is 19.1 Å². The normalized spacial score (nSPS) is 12.0. The van der Waals surface area contributed by atoms with E-state index < -0.39 is 0 Å². The van der Waals surface area contributed by atoms with E-state index in [2.05, 4.69) is 17.8 Å². The zero-order valence-corrected chi connectivity index (χ0v) is 11.1. The molecule has 0 saturated carbocycles. The lowest BCUT2D eigenvalue weighted by Crippen LogP contribution is -2.36. The molecule has 100 valence electrons. The Kier molecular flexibility index (Phi) is 5.61. The highest BCUT2D eigenvalue weighted by Crippen LogP contribution is 2.27. The first-order valence-corrected chi connectivity index (χ1v) is 6.00. The number of amides is 1. The summed E-state index contributed by atoms with van der Waals surface area (Å²) in [5.41, 5.74) is 13.2. The first-order valence-electron chi connectivity index (χ1n) is 6.00. The van der Waals surface area contributed by atoms with Crippen molar-refractivity contribution in [3.63, 3.8) is 0 Å². The lowest BCUT2D eigenvalue weighted by molar-refractivity contribution is -0.122. The van der Waals surface area contributed by atoms with Crippen molar-refractivity contribution in [1.82, 2.24) is 10.9 Å². The largest absolute Gasteiger partial charge is 0.496 e. The third-order valence-electron chi connectivity index (χ3n) is 2.77. The SMILES string of the molecule is CCc1ccc(OC)c(C(N)CC(=O)NNC)c1. The number of aryl methyl sites for hydroxylation is 1. The molecule has 0 spiro atoms. The van der Waals surface area contributed by atoms with E-state index in [4.69, 9.17) is 10.5 Å². The Morgan fingerprint density at radius 3 is 2.78 bits per heavy atom. The van der Waals surface area contributed by atoms with Crippen molar-refractivity contribution in [3.8, 4) is 5.75 Å². The van der Waals surface area contributed by atoms with Crippen molar-refractivity contribution in [2.45, 2.75) is 25.8 Å². The van der Waals surface area contributed by atoms with Gasteiger partial charge in [0.25, 0.3) is 0 Å². The molecular formula is C13H21N3O2. The molecule has 5 heteroatoms. The Labute approximate surface area is 108 Å². The third-order valence-corrected chi connectivity index (χ3v) is 2.77. The summed E-state index contributed by atoms with van der Waals surface area (Å²) in [6.45, 7) is 2.07. The second-order valence-corrected chi connectivity index (χ2v) is 4.04. The van der Waals surface area contributed by atoms with E-state index in [-0.39, 0.29) is 18.4 Å². The molecule has 0 fully saturated rings. The molecular weight excluding hydrogens is 230 g/mol. The van der Waals surface area contributed by atoms with Gasteiger partial charge in [0, 0.05) is 25.1 Å². The Balaban J connectivity index is 2.88. The summed E-state index contributed by atoms with van der Waals surface area (Å²) in [5, 5.41) is 0. The second-order valence-electron chi connectivity index (χ2n) is 4.04. The summed E-state index contributed by atoms with van der Waals surface area (Å²) < 4.78 is 5.28. The van der Waals surface area contributed by atoms with Gasteiger partial charge in [-0.15, -0.1) is 0 Å². The van der Waals surface area contributed by atoms with Crippen LogP contribution in [-0.2, 0) is 11.2 Å². The number of carbonyl (C=O) groups excluding carboxylic acids is 1. The van der Waals surface area contributed by atoms with Crippen molar-refractivity contribution in [1.29, 1.82) is 0 Å². The standard InChI is InChI=1S/C13H21N3O2/c1-4-9-5-6-12(18-3)10(7-9)11(14)8-13(17)16-15-2/h5-7,11,15H,4,8,14H2,1-3H3,(H,16,17). The van der Waals surface area contributed by atoms with Gasteiger partial charge in [-0.2, -0.15) is 0 Å². The summed E-state index contributed by atoms with van der Waals surface area (Å²) in [7, 11) is 3.24. The predicted molar refractivity (Wildman–Crippen MR) is 71.1 cm³/mol. The van der Waals surface area contributed by atoms with Gasteiger partial charge in [-0.05, 0) is 18.1 Å². The zero-order chi connectivity index (χ0) is 13.5. The fourth-order valence-corrected chi connectivity index (χ4v) is 1.79. The molecule has 1 amide bonds. The lowest BCUT2D eigenvalue weighted by Gasteiger charge is -2.16. The molecule has 5 nitrogen and oxygen atoms in total. The molecule has 0 aromatic heterocycles. The van der Waals surface area contributed by atoms with Gasteiger partial charge in [0.1, 0.15) is 5.75 Å². The van der Waals surface area contributed by atoms with Crippen molar-refractivity contribution >= 4 is 5.91 Å². The van der Waals surface area contributed by atoms with Gasteiger partial charge in [-0.3, -0.25) is 10.2 Å². The van der Waals surface area contributed by atoms with Gasteiger partial charge < -0.3 is 10.5 Å². The summed E-state index contributed by atoms with van der Waals surface area (Å²) >= 11 is 0. The van der Waals surface area contributed by atoms with Crippen molar-refractivity contribution in [3.05, 3.63) is 29.3 Å². The highest BCUT2D eigenvalue weighted by atomic mass is 16.5. The highest BCUT2D eigenvalue weighted by Gasteiger charge is 2.16. The Hall–Kier alpha value is -1.59. The predicted octanol–water partition coefficient (Wildman–Crippen LogP) is 0.898. The molecule has 0 aliphatic heterocycles. The van der Waals surface area contributed by atoms with E-state index in [0.29, 0.717) is 0 Å². The van der Waals surface area contributed by atoms with Crippen LogP contribution in [-0.4, -0.2) is 20.1 Å². The average molecular weight is 251 g/mol. The first kappa shape index (κ1) is 14.5. The molecule has 1 unspecified atom stereocenters. The first-order chi connectivity index (χ1) is 8.62. The molecule has 0 saturated heterocycles. The van der Waals surface area contributed by atoms with Gasteiger partial charge >= 0.3 is 0 Å². The highest BCUT2D eigenvalue weighted by molar-refractivity contribution is 5.76. The van der Waals surface area contributed by atoms with E-state index in [1.54, 1.807) is 14.2 Å². The van der Waals surface area contributed by atoms with Gasteiger partial charge in [0.2, 0.25) is 5.91 Å². The van der Waals surface area contributed by atoms with E-state index in [9.17, 15) is 4.79 Å². The number of hydrogen-bond acceptors (Lipinski definition) is 4. The maximum absolute atomic E-state index is 11.5. The molecule has 1 aromatic rings. The number of benzene rings is 1. The van der Waals surface area contributed by atoms with Crippen LogP contribution in [0.4, 0.5) is 0 Å². The number of nitrogens with one attached hydrogen (secondary N) is 2. The molecule has 0 heterocycles. The fraction of sp³-hybridized carbons (Fsp3) is 0.462. The number of hydrogen-bond donors (Lipinski definition) is 3. The zero-order valence-electron chi connectivity index (χ0n) is 11.1. The summed E-state index contributed by atoms with van der Waals surface area (Å²) in [6, 6.07) is 5.52. The van der Waals surface area contributed by atoms with Crippen LogP contribution >= 0.6 is 0 Å². The lowest BCUT2D eigenvalue weighted by atomic mass is 9.99. The minimum absolute atomic E-state index is 0.144. The quantitative estimate of drug-likeness (QED) is 0.656. The molecule has 1 atom stereocenters. The Morgan fingerprint density at radius 2 is 2.22 bits per heavy atom. The Morgan fingerprint density at radius 1 is 1.50 bits per heavy atom. The molecule has 0 bridgehead atoms. The molecule has 0 aliphatic carbocycles. The van der Waals surface area contributed by atoms with Crippen LogP contribution in [0, 0.1) is 0 Å². The van der Waals surface area contributed by atoms with Crippen LogP contribution in [0.2, 0.25) is 0 Å². The summed E-state index contributed by atoms with van der Waals surface area (Å²) in [4.78, 5) is 11.5. The van der Waals surface area contributed by atoms with Gasteiger partial charge in [0.05, 0.1) is 7.11 Å². The number of methoxy groups -OCH3 is 1. The van der Waals surface area contributed by atoms with Crippen molar-refractivity contribution in [2.24, 2.45) is 5.73 Å². The Bertz CT molecular complexity index is 407. The fourth-order valence-electron chi connectivity index (χ4n) is 1.79. The number of carbonyl (C=O) groups is 1. The van der Waals surface area contributed by atoms with E-state index in [1.807, 2.05) is 18.2 Å². The topological polar surface area (TPSA) is 76.4 Å². The molecule has 0 aliphatic rings. The minimum Gasteiger partial charge on any atom is -0.496 e. The van der Waals surface area contributed by atoms with Gasteiger partial charge in [0.15, 0.2) is 0 Å². The van der Waals surface area contributed by atoms with Crippen LogP contribution in [0.15, 0.2) is 18.2 Å². The number of nitrogens with two attached hydrogens (primary N) is 1. The second kappa shape index (κ2) is 6.98. The van der Waals surface area contributed by atoms with E-state index >= 15 is 0 Å².